The molecule has 0 saturated heterocycles. The Morgan fingerprint density at radius 1 is 1.36 bits per heavy atom. The maximum Gasteiger partial charge on any atom is 0.265 e. The molecule has 0 aliphatic rings. The minimum atomic E-state index is -0.522. The van der Waals surface area contributed by atoms with E-state index < -0.39 is 5.91 Å². The van der Waals surface area contributed by atoms with Crippen LogP contribution in [0.3, 0.4) is 0 Å². The minimum absolute atomic E-state index is 0.102. The highest BCUT2D eigenvalue weighted by Gasteiger charge is 2.11. The number of anilines is 1. The molecule has 0 spiro atoms. The van der Waals surface area contributed by atoms with Crippen LogP contribution >= 0.6 is 22.7 Å². The Morgan fingerprint density at radius 3 is 2.91 bits per heavy atom. The molecule has 22 heavy (non-hydrogen) atoms. The number of hydrogen-bond donors (Lipinski definition) is 3. The molecule has 0 bridgehead atoms. The van der Waals surface area contributed by atoms with Crippen LogP contribution in [0.15, 0.2) is 35.2 Å². The van der Waals surface area contributed by atoms with Crippen molar-refractivity contribution >= 4 is 39.6 Å². The van der Waals surface area contributed by atoms with Gasteiger partial charge in [0.1, 0.15) is 5.69 Å². The van der Waals surface area contributed by atoms with Crippen molar-refractivity contribution < 1.29 is 9.59 Å². The monoisotopic (exact) mass is 332 g/mol. The van der Waals surface area contributed by atoms with E-state index in [1.165, 1.54) is 11.3 Å². The molecule has 0 radical (unpaired) electrons. The number of carbonyl (C=O) groups excluding carboxylic acids is 2. The Labute approximate surface area is 134 Å². The third kappa shape index (κ3) is 3.23. The van der Waals surface area contributed by atoms with E-state index in [0.29, 0.717) is 22.9 Å². The number of H-pyrrole nitrogens is 1. The highest BCUT2D eigenvalue weighted by Crippen LogP contribution is 2.25. The van der Waals surface area contributed by atoms with Crippen molar-refractivity contribution in [3.05, 3.63) is 45.7 Å². The summed E-state index contributed by atoms with van der Waals surface area (Å²) >= 11 is 2.88. The molecule has 3 heterocycles. The van der Waals surface area contributed by atoms with Crippen LogP contribution in [0.25, 0.3) is 11.3 Å². The van der Waals surface area contributed by atoms with Crippen molar-refractivity contribution in [1.29, 1.82) is 0 Å². The number of primary amides is 1. The normalized spacial score (nSPS) is 10.5. The molecular formula is C14H12N4O2S2. The van der Waals surface area contributed by atoms with Crippen LogP contribution in [0, 0.1) is 0 Å². The molecule has 2 amide bonds. The number of rotatable bonds is 5. The zero-order valence-electron chi connectivity index (χ0n) is 11.3. The molecule has 0 aliphatic carbocycles. The van der Waals surface area contributed by atoms with Gasteiger partial charge in [0, 0.05) is 22.0 Å². The highest BCUT2D eigenvalue weighted by molar-refractivity contribution is 7.14. The quantitative estimate of drug-likeness (QED) is 0.669. The lowest BCUT2D eigenvalue weighted by molar-refractivity contribution is -0.115. The molecule has 6 nitrogen and oxygen atoms in total. The number of thiazole rings is 1. The lowest BCUT2D eigenvalue weighted by Crippen LogP contribution is -2.13. The van der Waals surface area contributed by atoms with E-state index in [9.17, 15) is 9.59 Å². The molecule has 0 aliphatic heterocycles. The third-order valence-electron chi connectivity index (χ3n) is 2.91. The maximum atomic E-state index is 11.9. The van der Waals surface area contributed by atoms with E-state index in [2.05, 4.69) is 15.3 Å². The molecule has 0 saturated carbocycles. The first-order chi connectivity index (χ1) is 10.6. The largest absolute Gasteiger partial charge is 0.364 e. The fraction of sp³-hybridized carbons (Fsp3) is 0.0714. The number of amides is 2. The van der Waals surface area contributed by atoms with Crippen LogP contribution < -0.4 is 11.1 Å². The summed E-state index contributed by atoms with van der Waals surface area (Å²) < 4.78 is 0. The number of carbonyl (C=O) groups is 2. The maximum absolute atomic E-state index is 11.9. The SMILES string of the molecule is NC(=O)c1cc(-c2csc(NC(=O)Cc3cccs3)n2)c[nH]1. The van der Waals surface area contributed by atoms with Gasteiger partial charge in [-0.2, -0.15) is 0 Å². The van der Waals surface area contributed by atoms with Gasteiger partial charge >= 0.3 is 0 Å². The topological polar surface area (TPSA) is 101 Å². The molecule has 4 N–H and O–H groups in total. The predicted octanol–water partition coefficient (Wildman–Crippen LogP) is 2.48. The second-order valence-corrected chi connectivity index (χ2v) is 6.40. The van der Waals surface area contributed by atoms with Crippen LogP contribution in [0.1, 0.15) is 15.4 Å². The second-order valence-electron chi connectivity index (χ2n) is 4.51. The summed E-state index contributed by atoms with van der Waals surface area (Å²) in [5.74, 6) is -0.624. The first-order valence-corrected chi connectivity index (χ1v) is 8.14. The third-order valence-corrected chi connectivity index (χ3v) is 4.54. The Balaban J connectivity index is 1.68. The summed E-state index contributed by atoms with van der Waals surface area (Å²) in [7, 11) is 0. The fourth-order valence-electron chi connectivity index (χ4n) is 1.88. The Bertz CT molecular complexity index is 805. The van der Waals surface area contributed by atoms with Gasteiger partial charge in [-0.1, -0.05) is 6.07 Å². The molecule has 112 valence electrons. The average molecular weight is 332 g/mol. The summed E-state index contributed by atoms with van der Waals surface area (Å²) in [6.45, 7) is 0. The van der Waals surface area contributed by atoms with Gasteiger partial charge in [-0.25, -0.2) is 4.98 Å². The van der Waals surface area contributed by atoms with Gasteiger partial charge in [0.2, 0.25) is 5.91 Å². The van der Waals surface area contributed by atoms with Gasteiger partial charge in [0.25, 0.3) is 5.91 Å². The summed E-state index contributed by atoms with van der Waals surface area (Å²) in [5, 5.41) is 7.05. The van der Waals surface area contributed by atoms with Crippen molar-refractivity contribution in [2.24, 2.45) is 5.73 Å². The minimum Gasteiger partial charge on any atom is -0.364 e. The number of nitrogens with zero attached hydrogens (tertiary/aromatic N) is 1. The van der Waals surface area contributed by atoms with Crippen molar-refractivity contribution in [2.45, 2.75) is 6.42 Å². The van der Waals surface area contributed by atoms with Gasteiger partial charge in [-0.05, 0) is 17.5 Å². The molecule has 0 unspecified atom stereocenters. The van der Waals surface area contributed by atoms with E-state index in [4.69, 9.17) is 5.73 Å². The van der Waals surface area contributed by atoms with Crippen molar-refractivity contribution in [3.63, 3.8) is 0 Å². The average Bonchev–Trinajstić information content (AvgIpc) is 3.18. The van der Waals surface area contributed by atoms with Crippen LogP contribution in [0.5, 0.6) is 0 Å². The smallest absolute Gasteiger partial charge is 0.265 e. The highest BCUT2D eigenvalue weighted by atomic mass is 32.1. The number of aromatic nitrogens is 2. The second kappa shape index (κ2) is 6.12. The van der Waals surface area contributed by atoms with Gasteiger partial charge in [-0.15, -0.1) is 22.7 Å². The summed E-state index contributed by atoms with van der Waals surface area (Å²) in [6, 6.07) is 5.47. The Morgan fingerprint density at radius 2 is 2.23 bits per heavy atom. The zero-order valence-corrected chi connectivity index (χ0v) is 13.0. The summed E-state index contributed by atoms with van der Waals surface area (Å²) in [5.41, 5.74) is 6.96. The van der Waals surface area contributed by atoms with Crippen LogP contribution in [0.2, 0.25) is 0 Å². The lowest BCUT2D eigenvalue weighted by atomic mass is 10.2. The predicted molar refractivity (Wildman–Crippen MR) is 87.1 cm³/mol. The number of hydrogen-bond acceptors (Lipinski definition) is 5. The molecule has 3 aromatic heterocycles. The first-order valence-electron chi connectivity index (χ1n) is 6.38. The van der Waals surface area contributed by atoms with E-state index in [1.54, 1.807) is 23.6 Å². The van der Waals surface area contributed by atoms with E-state index in [1.807, 2.05) is 22.9 Å². The molecule has 0 aromatic carbocycles. The van der Waals surface area contributed by atoms with Gasteiger partial charge in [0.15, 0.2) is 5.13 Å². The van der Waals surface area contributed by atoms with Crippen molar-refractivity contribution in [1.82, 2.24) is 9.97 Å². The van der Waals surface area contributed by atoms with E-state index in [0.717, 1.165) is 10.4 Å². The number of thiophene rings is 1. The van der Waals surface area contributed by atoms with Gasteiger partial charge in [-0.3, -0.25) is 9.59 Å². The number of aromatic amines is 1. The van der Waals surface area contributed by atoms with Gasteiger partial charge < -0.3 is 16.0 Å². The van der Waals surface area contributed by atoms with Crippen LogP contribution in [0.4, 0.5) is 5.13 Å². The van der Waals surface area contributed by atoms with Crippen molar-refractivity contribution in [3.8, 4) is 11.3 Å². The zero-order chi connectivity index (χ0) is 15.5. The molecular weight excluding hydrogens is 320 g/mol. The number of nitrogens with one attached hydrogen (secondary N) is 2. The molecule has 3 aromatic rings. The van der Waals surface area contributed by atoms with E-state index >= 15 is 0 Å². The Hall–Kier alpha value is -2.45. The molecule has 8 heteroatoms. The van der Waals surface area contributed by atoms with Crippen LogP contribution in [-0.2, 0) is 11.2 Å². The standard InChI is InChI=1S/C14H12N4O2S2/c15-13(20)10-4-8(6-16-10)11-7-22-14(17-11)18-12(19)5-9-2-1-3-21-9/h1-4,6-7,16H,5H2,(H2,15,20)(H,17,18,19). The van der Waals surface area contributed by atoms with Gasteiger partial charge in [0.05, 0.1) is 12.1 Å². The lowest BCUT2D eigenvalue weighted by Gasteiger charge is -1.99. The summed E-state index contributed by atoms with van der Waals surface area (Å²) in [6.07, 6.45) is 1.99. The summed E-state index contributed by atoms with van der Waals surface area (Å²) in [4.78, 5) is 31.1. The fourth-order valence-corrected chi connectivity index (χ4v) is 3.32. The number of nitrogens with two attached hydrogens (primary N) is 1. The van der Waals surface area contributed by atoms with Crippen LogP contribution in [-0.4, -0.2) is 21.8 Å². The Kier molecular flexibility index (Phi) is 4.03. The molecule has 3 rings (SSSR count). The van der Waals surface area contributed by atoms with Crippen molar-refractivity contribution in [2.75, 3.05) is 5.32 Å². The molecule has 0 atom stereocenters. The molecule has 0 fully saturated rings. The van der Waals surface area contributed by atoms with E-state index in [-0.39, 0.29) is 5.91 Å². The first kappa shape index (κ1) is 14.5.